The van der Waals surface area contributed by atoms with E-state index in [0.29, 0.717) is 16.4 Å². The van der Waals surface area contributed by atoms with Gasteiger partial charge in [0.15, 0.2) is 0 Å². The van der Waals surface area contributed by atoms with Gasteiger partial charge in [-0.2, -0.15) is 10.1 Å². The maximum absolute atomic E-state index is 12.1. The number of nitriles is 1. The third kappa shape index (κ3) is 3.85. The number of aromatic nitrogens is 4. The number of benzene rings is 1. The van der Waals surface area contributed by atoms with Crippen LogP contribution in [0.3, 0.4) is 0 Å². The highest BCUT2D eigenvalue weighted by Crippen LogP contribution is 2.23. The summed E-state index contributed by atoms with van der Waals surface area (Å²) in [7, 11) is 0. The molecule has 0 saturated heterocycles. The molecule has 7 nitrogen and oxygen atoms in total. The fourth-order valence-electron chi connectivity index (χ4n) is 1.82. The van der Waals surface area contributed by atoms with Crippen molar-refractivity contribution in [2.75, 3.05) is 0 Å². The predicted octanol–water partition coefficient (Wildman–Crippen LogP) is 2.05. The quantitative estimate of drug-likeness (QED) is 0.903. The molecule has 0 saturated carbocycles. The normalized spacial score (nSPS) is 13.4. The molecule has 0 bridgehead atoms. The van der Waals surface area contributed by atoms with Crippen molar-refractivity contribution in [3.8, 4) is 17.5 Å². The van der Waals surface area contributed by atoms with Gasteiger partial charge >= 0.3 is 0 Å². The summed E-state index contributed by atoms with van der Waals surface area (Å²) >= 11 is 6.08. The Labute approximate surface area is 139 Å². The summed E-state index contributed by atoms with van der Waals surface area (Å²) in [6.07, 6.45) is 0. The van der Waals surface area contributed by atoms with Crippen molar-refractivity contribution in [3.05, 3.63) is 29.3 Å². The standard InChI is InChI=1S/C15H17ClN6O/c1-10(2)15(3,9-17)18-13(23)8-22-20-14(19-21-22)11-6-4-5-7-12(11)16/h4-7,10H,8H2,1-3H3,(H,18,23)/t15-/m0/s1. The van der Waals surface area contributed by atoms with Crippen LogP contribution in [0, 0.1) is 17.2 Å². The Balaban J connectivity index is 2.10. The molecule has 0 spiro atoms. The van der Waals surface area contributed by atoms with Gasteiger partial charge in [0.2, 0.25) is 11.7 Å². The van der Waals surface area contributed by atoms with E-state index in [2.05, 4.69) is 26.8 Å². The van der Waals surface area contributed by atoms with E-state index in [-0.39, 0.29) is 18.4 Å². The molecule has 23 heavy (non-hydrogen) atoms. The Bertz CT molecular complexity index is 750. The SMILES string of the molecule is CC(C)[C@](C)(C#N)NC(=O)Cn1nnc(-c2ccccc2Cl)n1. The second-order valence-electron chi connectivity index (χ2n) is 5.64. The van der Waals surface area contributed by atoms with Crippen LogP contribution < -0.4 is 5.32 Å². The number of halogens is 1. The zero-order valence-corrected chi connectivity index (χ0v) is 13.9. The summed E-state index contributed by atoms with van der Waals surface area (Å²) < 4.78 is 0. The predicted molar refractivity (Wildman–Crippen MR) is 85.3 cm³/mol. The number of hydrogen-bond acceptors (Lipinski definition) is 5. The molecule has 0 aliphatic carbocycles. The smallest absolute Gasteiger partial charge is 0.244 e. The third-order valence-electron chi connectivity index (χ3n) is 3.64. The van der Waals surface area contributed by atoms with E-state index in [1.165, 1.54) is 4.80 Å². The fraction of sp³-hybridized carbons (Fsp3) is 0.400. The lowest BCUT2D eigenvalue weighted by atomic mass is 9.90. The van der Waals surface area contributed by atoms with Gasteiger partial charge in [0.1, 0.15) is 12.1 Å². The Morgan fingerprint density at radius 2 is 2.17 bits per heavy atom. The fourth-order valence-corrected chi connectivity index (χ4v) is 2.04. The van der Waals surface area contributed by atoms with Crippen molar-refractivity contribution >= 4 is 17.5 Å². The summed E-state index contributed by atoms with van der Waals surface area (Å²) in [5.74, 6) is -0.0417. The van der Waals surface area contributed by atoms with Gasteiger partial charge in [0, 0.05) is 5.56 Å². The highest BCUT2D eigenvalue weighted by Gasteiger charge is 2.30. The maximum Gasteiger partial charge on any atom is 0.244 e. The zero-order chi connectivity index (χ0) is 17.0. The second kappa shape index (κ2) is 6.75. The monoisotopic (exact) mass is 332 g/mol. The molecule has 0 fully saturated rings. The van der Waals surface area contributed by atoms with Gasteiger partial charge in [-0.3, -0.25) is 4.79 Å². The molecule has 1 N–H and O–H groups in total. The van der Waals surface area contributed by atoms with Gasteiger partial charge in [-0.1, -0.05) is 37.6 Å². The molecule has 120 valence electrons. The number of carbonyl (C=O) groups excluding carboxylic acids is 1. The molecule has 1 atom stereocenters. The minimum absolute atomic E-state index is 0.0289. The van der Waals surface area contributed by atoms with Crippen molar-refractivity contribution < 1.29 is 4.79 Å². The number of rotatable bonds is 5. The highest BCUT2D eigenvalue weighted by atomic mass is 35.5. The molecule has 8 heteroatoms. The molecule has 2 rings (SSSR count). The molecule has 1 aromatic carbocycles. The Morgan fingerprint density at radius 3 is 2.78 bits per heavy atom. The summed E-state index contributed by atoms with van der Waals surface area (Å²) in [5, 5.41) is 24.3. The first kappa shape index (κ1) is 16.9. The van der Waals surface area contributed by atoms with Crippen LogP contribution in [0.1, 0.15) is 20.8 Å². The van der Waals surface area contributed by atoms with Gasteiger partial charge in [0.25, 0.3) is 0 Å². The van der Waals surface area contributed by atoms with Crippen LogP contribution in [0.25, 0.3) is 11.4 Å². The van der Waals surface area contributed by atoms with Crippen molar-refractivity contribution in [3.63, 3.8) is 0 Å². The molecule has 0 aliphatic rings. The summed E-state index contributed by atoms with van der Waals surface area (Å²) in [5.41, 5.74) is -0.298. The first-order chi connectivity index (χ1) is 10.9. The molecule has 1 heterocycles. The average Bonchev–Trinajstić information content (AvgIpc) is 2.95. The number of hydrogen-bond donors (Lipinski definition) is 1. The van der Waals surface area contributed by atoms with Crippen LogP contribution in [0.4, 0.5) is 0 Å². The number of nitrogens with zero attached hydrogens (tertiary/aromatic N) is 5. The van der Waals surface area contributed by atoms with E-state index >= 15 is 0 Å². The van der Waals surface area contributed by atoms with Gasteiger partial charge in [-0.05, 0) is 30.2 Å². The Hall–Kier alpha value is -2.46. The molecule has 0 unspecified atom stereocenters. The van der Waals surface area contributed by atoms with Crippen LogP contribution in [0.5, 0.6) is 0 Å². The van der Waals surface area contributed by atoms with Crippen LogP contribution in [-0.2, 0) is 11.3 Å². The van der Waals surface area contributed by atoms with Crippen LogP contribution in [0.15, 0.2) is 24.3 Å². The zero-order valence-electron chi connectivity index (χ0n) is 13.1. The number of carbonyl (C=O) groups is 1. The molecule has 0 radical (unpaired) electrons. The van der Waals surface area contributed by atoms with E-state index in [1.807, 2.05) is 19.9 Å². The minimum atomic E-state index is -0.941. The van der Waals surface area contributed by atoms with Gasteiger partial charge in [-0.25, -0.2) is 0 Å². The molecular weight excluding hydrogens is 316 g/mol. The lowest BCUT2D eigenvalue weighted by molar-refractivity contribution is -0.123. The van der Waals surface area contributed by atoms with Crippen LogP contribution >= 0.6 is 11.6 Å². The number of nitrogens with one attached hydrogen (secondary N) is 1. The lowest BCUT2D eigenvalue weighted by Crippen LogP contribution is -2.50. The van der Waals surface area contributed by atoms with E-state index in [0.717, 1.165) is 0 Å². The lowest BCUT2D eigenvalue weighted by Gasteiger charge is -2.27. The Morgan fingerprint density at radius 1 is 1.48 bits per heavy atom. The molecule has 2 aromatic rings. The van der Waals surface area contributed by atoms with Crippen molar-refractivity contribution in [2.24, 2.45) is 5.92 Å². The summed E-state index contributed by atoms with van der Waals surface area (Å²) in [4.78, 5) is 13.3. The minimum Gasteiger partial charge on any atom is -0.336 e. The first-order valence-electron chi connectivity index (χ1n) is 7.10. The maximum atomic E-state index is 12.1. The van der Waals surface area contributed by atoms with E-state index in [1.54, 1.807) is 25.1 Å². The van der Waals surface area contributed by atoms with Gasteiger partial charge < -0.3 is 5.32 Å². The third-order valence-corrected chi connectivity index (χ3v) is 3.97. The molecule has 1 aromatic heterocycles. The van der Waals surface area contributed by atoms with E-state index in [9.17, 15) is 10.1 Å². The van der Waals surface area contributed by atoms with Crippen LogP contribution in [-0.4, -0.2) is 31.7 Å². The summed E-state index contributed by atoms with van der Waals surface area (Å²) in [6.45, 7) is 5.29. The van der Waals surface area contributed by atoms with E-state index in [4.69, 9.17) is 11.6 Å². The topological polar surface area (TPSA) is 96.5 Å². The summed E-state index contributed by atoms with van der Waals surface area (Å²) in [6, 6.07) is 9.24. The highest BCUT2D eigenvalue weighted by molar-refractivity contribution is 6.33. The molecule has 1 amide bonds. The van der Waals surface area contributed by atoms with Crippen molar-refractivity contribution in [1.29, 1.82) is 5.26 Å². The van der Waals surface area contributed by atoms with Crippen molar-refractivity contribution in [1.82, 2.24) is 25.5 Å². The van der Waals surface area contributed by atoms with Gasteiger partial charge in [-0.15, -0.1) is 10.2 Å². The second-order valence-corrected chi connectivity index (χ2v) is 6.05. The van der Waals surface area contributed by atoms with Crippen LogP contribution in [0.2, 0.25) is 5.02 Å². The van der Waals surface area contributed by atoms with Crippen molar-refractivity contribution in [2.45, 2.75) is 32.9 Å². The van der Waals surface area contributed by atoms with E-state index < -0.39 is 5.54 Å². The Kier molecular flexibility index (Phi) is 4.96. The molecular formula is C15H17ClN6O. The number of tetrazole rings is 1. The first-order valence-corrected chi connectivity index (χ1v) is 7.48. The molecule has 0 aliphatic heterocycles. The average molecular weight is 333 g/mol. The largest absolute Gasteiger partial charge is 0.336 e. The number of amides is 1. The van der Waals surface area contributed by atoms with Gasteiger partial charge in [0.05, 0.1) is 11.1 Å².